The molecule has 1 aliphatic rings. The minimum absolute atomic E-state index is 0.0365. The van der Waals surface area contributed by atoms with E-state index in [-0.39, 0.29) is 16.7 Å². The molecule has 0 aliphatic heterocycles. The minimum Gasteiger partial charge on any atom is -0.348 e. The van der Waals surface area contributed by atoms with Gasteiger partial charge in [-0.25, -0.2) is 0 Å². The van der Waals surface area contributed by atoms with Gasteiger partial charge >= 0.3 is 0 Å². The largest absolute Gasteiger partial charge is 0.348 e. The maximum atomic E-state index is 13.0. The number of carbonyl (C=O) groups is 1. The molecular weight excluding hydrogens is 330 g/mol. The van der Waals surface area contributed by atoms with Gasteiger partial charge in [-0.15, -0.1) is 0 Å². The highest BCUT2D eigenvalue weighted by Crippen LogP contribution is 2.46. The number of nitrogens with one attached hydrogen (secondary N) is 1. The SMILES string of the molecule is CCc1cc2c(cc1C(=O)NCc1ccc(C)cc1)C(C)(C)CCC2(C)C. The Hall–Kier alpha value is -2.09. The average molecular weight is 364 g/mol. The van der Waals surface area contributed by atoms with Crippen LogP contribution in [0, 0.1) is 6.92 Å². The molecule has 1 aliphatic carbocycles. The molecule has 2 aromatic rings. The lowest BCUT2D eigenvalue weighted by atomic mass is 9.62. The van der Waals surface area contributed by atoms with Crippen molar-refractivity contribution in [2.45, 2.75) is 78.2 Å². The topological polar surface area (TPSA) is 29.1 Å². The van der Waals surface area contributed by atoms with Crippen molar-refractivity contribution in [1.29, 1.82) is 0 Å². The van der Waals surface area contributed by atoms with Gasteiger partial charge < -0.3 is 5.32 Å². The quantitative estimate of drug-likeness (QED) is 0.727. The maximum Gasteiger partial charge on any atom is 0.251 e. The Labute approximate surface area is 164 Å². The summed E-state index contributed by atoms with van der Waals surface area (Å²) in [4.78, 5) is 13.0. The third-order valence-corrected chi connectivity index (χ3v) is 6.28. The van der Waals surface area contributed by atoms with Crippen LogP contribution in [0.1, 0.15) is 85.6 Å². The molecule has 0 fully saturated rings. The third-order valence-electron chi connectivity index (χ3n) is 6.28. The molecule has 0 bridgehead atoms. The van der Waals surface area contributed by atoms with Crippen LogP contribution >= 0.6 is 0 Å². The second-order valence-electron chi connectivity index (χ2n) is 9.34. The molecule has 2 aromatic carbocycles. The third kappa shape index (κ3) is 3.95. The number of benzene rings is 2. The molecule has 27 heavy (non-hydrogen) atoms. The summed E-state index contributed by atoms with van der Waals surface area (Å²) in [5.74, 6) is 0.0365. The molecule has 0 aromatic heterocycles. The van der Waals surface area contributed by atoms with Gasteiger partial charge in [0, 0.05) is 12.1 Å². The van der Waals surface area contributed by atoms with Crippen LogP contribution in [0.5, 0.6) is 0 Å². The molecule has 0 saturated heterocycles. The first-order valence-electron chi connectivity index (χ1n) is 10.2. The van der Waals surface area contributed by atoms with Crippen LogP contribution in [0.4, 0.5) is 0 Å². The van der Waals surface area contributed by atoms with Crippen molar-refractivity contribution in [3.8, 4) is 0 Å². The van der Waals surface area contributed by atoms with E-state index in [0.29, 0.717) is 6.54 Å². The van der Waals surface area contributed by atoms with Crippen molar-refractivity contribution >= 4 is 5.91 Å². The fourth-order valence-electron chi connectivity index (χ4n) is 4.15. The lowest BCUT2D eigenvalue weighted by Gasteiger charge is -2.42. The number of amides is 1. The number of fused-ring (bicyclic) bond motifs is 1. The molecule has 1 N–H and O–H groups in total. The lowest BCUT2D eigenvalue weighted by Crippen LogP contribution is -2.35. The summed E-state index contributed by atoms with van der Waals surface area (Å²) in [6, 6.07) is 12.8. The average Bonchev–Trinajstić information content (AvgIpc) is 2.64. The monoisotopic (exact) mass is 363 g/mol. The first kappa shape index (κ1) is 19.7. The molecule has 0 spiro atoms. The summed E-state index contributed by atoms with van der Waals surface area (Å²) in [5, 5.41) is 3.13. The van der Waals surface area contributed by atoms with Crippen LogP contribution in [0.25, 0.3) is 0 Å². The van der Waals surface area contributed by atoms with Gasteiger partial charge in [0.15, 0.2) is 0 Å². The summed E-state index contributed by atoms with van der Waals surface area (Å²) in [5.41, 5.74) is 7.41. The Balaban J connectivity index is 1.92. The van der Waals surface area contributed by atoms with Crippen molar-refractivity contribution in [3.05, 3.63) is 69.8 Å². The maximum absolute atomic E-state index is 13.0. The first-order chi connectivity index (χ1) is 12.6. The standard InChI is InChI=1S/C25H33NO/c1-7-19-14-21-22(25(5,6)13-12-24(21,3)4)15-20(19)23(27)26-16-18-10-8-17(2)9-11-18/h8-11,14-15H,7,12-13,16H2,1-6H3,(H,26,27). The fraction of sp³-hybridized carbons (Fsp3) is 0.480. The Bertz CT molecular complexity index is 843. The Kier molecular flexibility index (Phi) is 5.20. The van der Waals surface area contributed by atoms with Crippen molar-refractivity contribution in [2.24, 2.45) is 0 Å². The molecule has 0 saturated carbocycles. The van der Waals surface area contributed by atoms with E-state index >= 15 is 0 Å². The van der Waals surface area contributed by atoms with E-state index in [1.807, 2.05) is 0 Å². The Morgan fingerprint density at radius 3 is 2.07 bits per heavy atom. The summed E-state index contributed by atoms with van der Waals surface area (Å²) < 4.78 is 0. The lowest BCUT2D eigenvalue weighted by molar-refractivity contribution is 0.0949. The summed E-state index contributed by atoms with van der Waals surface area (Å²) in [7, 11) is 0. The van der Waals surface area contributed by atoms with Crippen LogP contribution in [-0.4, -0.2) is 5.91 Å². The van der Waals surface area contributed by atoms with Crippen molar-refractivity contribution in [1.82, 2.24) is 5.32 Å². The van der Waals surface area contributed by atoms with E-state index in [4.69, 9.17) is 0 Å². The van der Waals surface area contributed by atoms with E-state index in [9.17, 15) is 4.79 Å². The van der Waals surface area contributed by atoms with Crippen molar-refractivity contribution in [2.75, 3.05) is 0 Å². The van der Waals surface area contributed by atoms with Gasteiger partial charge in [0.25, 0.3) is 5.91 Å². The molecule has 0 radical (unpaired) electrons. The highest BCUT2D eigenvalue weighted by atomic mass is 16.1. The van der Waals surface area contributed by atoms with Crippen molar-refractivity contribution < 1.29 is 4.79 Å². The zero-order chi connectivity index (χ0) is 19.8. The fourth-order valence-corrected chi connectivity index (χ4v) is 4.15. The highest BCUT2D eigenvalue weighted by molar-refractivity contribution is 5.96. The van der Waals surface area contributed by atoms with Gasteiger partial charge in [0.1, 0.15) is 0 Å². The highest BCUT2D eigenvalue weighted by Gasteiger charge is 2.38. The smallest absolute Gasteiger partial charge is 0.251 e. The predicted molar refractivity (Wildman–Crippen MR) is 113 cm³/mol. The Morgan fingerprint density at radius 1 is 0.963 bits per heavy atom. The summed E-state index contributed by atoms with van der Waals surface area (Å²) >= 11 is 0. The second-order valence-corrected chi connectivity index (χ2v) is 9.34. The molecule has 0 heterocycles. The number of rotatable bonds is 4. The van der Waals surface area contributed by atoms with Gasteiger partial charge in [0.2, 0.25) is 0 Å². The number of aryl methyl sites for hydroxylation is 2. The molecule has 0 unspecified atom stereocenters. The normalized spacial score (nSPS) is 17.3. The molecule has 3 rings (SSSR count). The number of hydrogen-bond donors (Lipinski definition) is 1. The van der Waals surface area contributed by atoms with Gasteiger partial charge in [0.05, 0.1) is 0 Å². The molecule has 1 amide bonds. The molecule has 2 nitrogen and oxygen atoms in total. The summed E-state index contributed by atoms with van der Waals surface area (Å²) in [6.07, 6.45) is 3.22. The van der Waals surface area contributed by atoms with Crippen molar-refractivity contribution in [3.63, 3.8) is 0 Å². The molecule has 144 valence electrons. The van der Waals surface area contributed by atoms with Crippen LogP contribution in [0.15, 0.2) is 36.4 Å². The second kappa shape index (κ2) is 7.14. The number of hydrogen-bond acceptors (Lipinski definition) is 1. The van der Waals surface area contributed by atoms with E-state index in [2.05, 4.69) is 83.3 Å². The predicted octanol–water partition coefficient (Wildman–Crippen LogP) is 5.84. The van der Waals surface area contributed by atoms with Gasteiger partial charge in [-0.05, 0) is 65.3 Å². The molecule has 2 heteroatoms. The molecular formula is C25H33NO. The van der Waals surface area contributed by atoms with Crippen LogP contribution in [0.2, 0.25) is 0 Å². The zero-order valence-corrected chi connectivity index (χ0v) is 17.7. The van der Waals surface area contributed by atoms with E-state index in [1.54, 1.807) is 0 Å². The molecule has 0 atom stereocenters. The minimum atomic E-state index is 0.0365. The van der Waals surface area contributed by atoms with E-state index < -0.39 is 0 Å². The van der Waals surface area contributed by atoms with E-state index in [0.717, 1.165) is 29.5 Å². The van der Waals surface area contributed by atoms with Crippen LogP contribution in [-0.2, 0) is 23.8 Å². The summed E-state index contributed by atoms with van der Waals surface area (Å²) in [6.45, 7) is 14.1. The van der Waals surface area contributed by atoms with Gasteiger partial charge in [-0.1, -0.05) is 70.5 Å². The Morgan fingerprint density at radius 2 is 1.52 bits per heavy atom. The van der Waals surface area contributed by atoms with Gasteiger partial charge in [-0.2, -0.15) is 0 Å². The van der Waals surface area contributed by atoms with Crippen LogP contribution < -0.4 is 5.32 Å². The van der Waals surface area contributed by atoms with E-state index in [1.165, 1.54) is 23.1 Å². The number of carbonyl (C=O) groups excluding carboxylic acids is 1. The zero-order valence-electron chi connectivity index (χ0n) is 17.7. The van der Waals surface area contributed by atoms with Gasteiger partial charge in [-0.3, -0.25) is 4.79 Å². The van der Waals surface area contributed by atoms with Crippen LogP contribution in [0.3, 0.4) is 0 Å². The first-order valence-corrected chi connectivity index (χ1v) is 10.2.